The molecule has 1 atom stereocenters. The molecule has 1 amide bonds. The van der Waals surface area contributed by atoms with E-state index in [2.05, 4.69) is 20.6 Å². The van der Waals surface area contributed by atoms with Crippen molar-refractivity contribution in [1.29, 1.82) is 0 Å². The van der Waals surface area contributed by atoms with Crippen LogP contribution in [0.25, 0.3) is 21.8 Å². The number of anilines is 1. The molecule has 0 aliphatic heterocycles. The number of aromatic nitrogens is 4. The van der Waals surface area contributed by atoms with Crippen molar-refractivity contribution >= 4 is 33.4 Å². The first kappa shape index (κ1) is 17.6. The van der Waals surface area contributed by atoms with E-state index in [1.165, 1.54) is 0 Å². The van der Waals surface area contributed by atoms with Crippen molar-refractivity contribution in [1.82, 2.24) is 20.0 Å². The predicted molar refractivity (Wildman–Crippen MR) is 105 cm³/mol. The maximum Gasteiger partial charge on any atom is 0.278 e. The van der Waals surface area contributed by atoms with Crippen LogP contribution in [-0.2, 0) is 4.79 Å². The Balaban J connectivity index is 1.60. The van der Waals surface area contributed by atoms with Crippen LogP contribution < -0.4 is 15.6 Å². The minimum Gasteiger partial charge on any atom is -0.497 e. The number of amides is 1. The van der Waals surface area contributed by atoms with Crippen LogP contribution in [0.15, 0.2) is 59.5 Å². The van der Waals surface area contributed by atoms with E-state index in [0.29, 0.717) is 22.3 Å². The number of hydrogen-bond donors (Lipinski definition) is 1. The van der Waals surface area contributed by atoms with Gasteiger partial charge in [-0.25, -0.2) is 0 Å². The Labute approximate surface area is 159 Å². The van der Waals surface area contributed by atoms with Crippen molar-refractivity contribution in [2.45, 2.75) is 13.0 Å². The molecule has 0 bridgehead atoms. The second-order valence-electron chi connectivity index (χ2n) is 6.30. The minimum absolute atomic E-state index is 0.364. The fourth-order valence-electron chi connectivity index (χ4n) is 2.91. The third kappa shape index (κ3) is 3.16. The molecule has 0 spiro atoms. The topological polar surface area (TPSA) is 99.0 Å². The molecule has 2 aromatic carbocycles. The lowest BCUT2D eigenvalue weighted by Crippen LogP contribution is -2.34. The van der Waals surface area contributed by atoms with Gasteiger partial charge >= 0.3 is 0 Å². The lowest BCUT2D eigenvalue weighted by molar-refractivity contribution is -0.119. The molecule has 2 aromatic heterocycles. The smallest absolute Gasteiger partial charge is 0.278 e. The molecule has 4 aromatic rings. The molecule has 0 radical (unpaired) electrons. The summed E-state index contributed by atoms with van der Waals surface area (Å²) in [6, 6.07) is 13.4. The standard InChI is InChI=1S/C20H17N5O3/c1-12(25-20(27)16-5-3-4-6-17(16)23-24-25)19(26)22-14-9-13-7-8-15(28-2)10-18(13)21-11-14/h3-12H,1-2H3,(H,22,26). The average molecular weight is 375 g/mol. The number of pyridine rings is 1. The first-order chi connectivity index (χ1) is 13.6. The van der Waals surface area contributed by atoms with Crippen LogP contribution in [0, 0.1) is 0 Å². The van der Waals surface area contributed by atoms with Crippen LogP contribution in [0.4, 0.5) is 5.69 Å². The molecule has 8 heteroatoms. The maximum absolute atomic E-state index is 12.7. The van der Waals surface area contributed by atoms with Crippen LogP contribution in [0.2, 0.25) is 0 Å². The van der Waals surface area contributed by atoms with E-state index in [-0.39, 0.29) is 11.5 Å². The fraction of sp³-hybridized carbons (Fsp3) is 0.150. The average Bonchev–Trinajstić information content (AvgIpc) is 2.73. The van der Waals surface area contributed by atoms with E-state index in [4.69, 9.17) is 4.74 Å². The van der Waals surface area contributed by atoms with Crippen molar-refractivity contribution < 1.29 is 9.53 Å². The first-order valence-corrected chi connectivity index (χ1v) is 8.66. The molecule has 0 aliphatic rings. The zero-order chi connectivity index (χ0) is 19.7. The fourth-order valence-corrected chi connectivity index (χ4v) is 2.91. The Morgan fingerprint density at radius 1 is 1.14 bits per heavy atom. The molecule has 2 heterocycles. The lowest BCUT2D eigenvalue weighted by Gasteiger charge is -2.14. The molecular weight excluding hydrogens is 358 g/mol. The number of rotatable bonds is 4. The highest BCUT2D eigenvalue weighted by atomic mass is 16.5. The van der Waals surface area contributed by atoms with Gasteiger partial charge in [-0.1, -0.05) is 17.3 Å². The number of hydrogen-bond acceptors (Lipinski definition) is 6. The van der Waals surface area contributed by atoms with Gasteiger partial charge in [-0.3, -0.25) is 14.6 Å². The van der Waals surface area contributed by atoms with Crippen molar-refractivity contribution in [3.8, 4) is 5.75 Å². The third-order valence-electron chi connectivity index (χ3n) is 4.50. The van der Waals surface area contributed by atoms with E-state index in [1.54, 1.807) is 50.6 Å². The molecule has 1 N–H and O–H groups in total. The van der Waals surface area contributed by atoms with Gasteiger partial charge < -0.3 is 10.1 Å². The van der Waals surface area contributed by atoms with Crippen LogP contribution in [0.3, 0.4) is 0 Å². The van der Waals surface area contributed by atoms with Gasteiger partial charge in [0.05, 0.1) is 29.9 Å². The van der Waals surface area contributed by atoms with Crippen LogP contribution in [-0.4, -0.2) is 33.0 Å². The third-order valence-corrected chi connectivity index (χ3v) is 4.50. The summed E-state index contributed by atoms with van der Waals surface area (Å²) in [5.74, 6) is 0.320. The number of methoxy groups -OCH3 is 1. The quantitative estimate of drug-likeness (QED) is 0.588. The van der Waals surface area contributed by atoms with Crippen LogP contribution in [0.1, 0.15) is 13.0 Å². The first-order valence-electron chi connectivity index (χ1n) is 8.66. The molecule has 4 rings (SSSR count). The van der Waals surface area contributed by atoms with E-state index in [1.807, 2.05) is 18.2 Å². The minimum atomic E-state index is -0.837. The van der Waals surface area contributed by atoms with E-state index < -0.39 is 6.04 Å². The van der Waals surface area contributed by atoms with Crippen molar-refractivity contribution in [2.75, 3.05) is 12.4 Å². The summed E-state index contributed by atoms with van der Waals surface area (Å²) in [4.78, 5) is 29.6. The lowest BCUT2D eigenvalue weighted by atomic mass is 10.2. The number of ether oxygens (including phenoxy) is 1. The summed E-state index contributed by atoms with van der Waals surface area (Å²) < 4.78 is 6.26. The van der Waals surface area contributed by atoms with Gasteiger partial charge in [0.25, 0.3) is 5.56 Å². The Bertz CT molecular complexity index is 1250. The summed E-state index contributed by atoms with van der Waals surface area (Å²) in [7, 11) is 1.59. The summed E-state index contributed by atoms with van der Waals surface area (Å²) in [5, 5.41) is 12.0. The molecule has 28 heavy (non-hydrogen) atoms. The second-order valence-corrected chi connectivity index (χ2v) is 6.30. The number of fused-ring (bicyclic) bond motifs is 2. The molecule has 0 saturated heterocycles. The molecule has 0 fully saturated rings. The maximum atomic E-state index is 12.7. The van der Waals surface area contributed by atoms with Gasteiger partial charge in [-0.2, -0.15) is 4.68 Å². The number of nitrogens with one attached hydrogen (secondary N) is 1. The summed E-state index contributed by atoms with van der Waals surface area (Å²) in [6.45, 7) is 1.60. The van der Waals surface area contributed by atoms with E-state index in [0.717, 1.165) is 15.6 Å². The molecule has 8 nitrogen and oxygen atoms in total. The Hall–Kier alpha value is -3.81. The highest BCUT2D eigenvalue weighted by Gasteiger charge is 2.19. The Morgan fingerprint density at radius 3 is 2.79 bits per heavy atom. The Morgan fingerprint density at radius 2 is 1.96 bits per heavy atom. The summed E-state index contributed by atoms with van der Waals surface area (Å²) in [5.41, 5.74) is 1.40. The summed E-state index contributed by atoms with van der Waals surface area (Å²) in [6.07, 6.45) is 1.56. The molecular formula is C20H17N5O3. The van der Waals surface area contributed by atoms with Crippen molar-refractivity contribution in [2.24, 2.45) is 0 Å². The molecule has 0 saturated carbocycles. The highest BCUT2D eigenvalue weighted by molar-refractivity contribution is 5.95. The zero-order valence-corrected chi connectivity index (χ0v) is 15.3. The SMILES string of the molecule is COc1ccc2cc(NC(=O)C(C)n3nnc4ccccc4c3=O)cnc2c1. The molecule has 1 unspecified atom stereocenters. The molecule has 0 aliphatic carbocycles. The van der Waals surface area contributed by atoms with Crippen molar-refractivity contribution in [3.05, 3.63) is 65.1 Å². The highest BCUT2D eigenvalue weighted by Crippen LogP contribution is 2.22. The van der Waals surface area contributed by atoms with Crippen molar-refractivity contribution in [3.63, 3.8) is 0 Å². The van der Waals surface area contributed by atoms with Gasteiger partial charge in [0.1, 0.15) is 17.3 Å². The largest absolute Gasteiger partial charge is 0.497 e. The second kappa shape index (κ2) is 7.07. The number of carbonyl (C=O) groups is 1. The van der Waals surface area contributed by atoms with E-state index in [9.17, 15) is 9.59 Å². The van der Waals surface area contributed by atoms with E-state index >= 15 is 0 Å². The normalized spacial score (nSPS) is 12.1. The Kier molecular flexibility index (Phi) is 4.44. The van der Waals surface area contributed by atoms with Gasteiger partial charge in [-0.15, -0.1) is 5.10 Å². The van der Waals surface area contributed by atoms with Gasteiger partial charge in [-0.05, 0) is 37.3 Å². The van der Waals surface area contributed by atoms with Gasteiger partial charge in [0.15, 0.2) is 0 Å². The number of benzene rings is 2. The van der Waals surface area contributed by atoms with Gasteiger partial charge in [0.2, 0.25) is 5.91 Å². The van der Waals surface area contributed by atoms with Crippen LogP contribution in [0.5, 0.6) is 5.75 Å². The monoisotopic (exact) mass is 375 g/mol. The number of nitrogens with zero attached hydrogens (tertiary/aromatic N) is 4. The van der Waals surface area contributed by atoms with Gasteiger partial charge in [0, 0.05) is 11.5 Å². The predicted octanol–water partition coefficient (Wildman–Crippen LogP) is 2.55. The zero-order valence-electron chi connectivity index (χ0n) is 15.3. The molecule has 140 valence electrons. The summed E-state index contributed by atoms with van der Waals surface area (Å²) >= 11 is 0. The number of carbonyl (C=O) groups excluding carboxylic acids is 1. The van der Waals surface area contributed by atoms with Crippen LogP contribution >= 0.6 is 0 Å².